The molecule has 1 saturated heterocycles. The SMILES string of the molecule is COc1ccc(F)c([C@H](C)N2CCNCC2)c1F.Cl. The van der Waals surface area contributed by atoms with E-state index in [2.05, 4.69) is 10.2 Å². The summed E-state index contributed by atoms with van der Waals surface area (Å²) in [4.78, 5) is 2.07. The highest BCUT2D eigenvalue weighted by atomic mass is 35.5. The zero-order chi connectivity index (χ0) is 13.1. The summed E-state index contributed by atoms with van der Waals surface area (Å²) >= 11 is 0. The molecule has 1 heterocycles. The minimum Gasteiger partial charge on any atom is -0.494 e. The third-order valence-electron chi connectivity index (χ3n) is 3.43. The van der Waals surface area contributed by atoms with Gasteiger partial charge in [-0.25, -0.2) is 8.78 Å². The summed E-state index contributed by atoms with van der Waals surface area (Å²) in [6.07, 6.45) is 0. The predicted molar refractivity (Wildman–Crippen MR) is 73.0 cm³/mol. The molecule has 6 heteroatoms. The molecular formula is C13H19ClF2N2O. The molecular weight excluding hydrogens is 274 g/mol. The lowest BCUT2D eigenvalue weighted by Gasteiger charge is -2.33. The first-order valence-corrected chi connectivity index (χ1v) is 6.11. The number of nitrogens with zero attached hydrogens (tertiary/aromatic N) is 1. The number of piperazine rings is 1. The van der Waals surface area contributed by atoms with Crippen molar-refractivity contribution in [1.82, 2.24) is 10.2 Å². The average molecular weight is 293 g/mol. The molecule has 1 aliphatic rings. The first-order valence-electron chi connectivity index (χ1n) is 6.11. The lowest BCUT2D eigenvalue weighted by molar-refractivity contribution is 0.178. The highest BCUT2D eigenvalue weighted by molar-refractivity contribution is 5.85. The first kappa shape index (κ1) is 16.1. The van der Waals surface area contributed by atoms with Crippen LogP contribution in [0.4, 0.5) is 8.78 Å². The van der Waals surface area contributed by atoms with Crippen LogP contribution < -0.4 is 10.1 Å². The Hall–Kier alpha value is -0.910. The topological polar surface area (TPSA) is 24.5 Å². The summed E-state index contributed by atoms with van der Waals surface area (Å²) in [5.74, 6) is -1.02. The molecule has 0 saturated carbocycles. The van der Waals surface area contributed by atoms with Gasteiger partial charge in [0.2, 0.25) is 0 Å². The van der Waals surface area contributed by atoms with Gasteiger partial charge in [0.15, 0.2) is 11.6 Å². The third-order valence-corrected chi connectivity index (χ3v) is 3.43. The minimum atomic E-state index is -0.594. The Labute approximate surface area is 118 Å². The van der Waals surface area contributed by atoms with Crippen molar-refractivity contribution in [3.63, 3.8) is 0 Å². The number of rotatable bonds is 3. The predicted octanol–water partition coefficient (Wildman–Crippen LogP) is 2.36. The summed E-state index contributed by atoms with van der Waals surface area (Å²) < 4.78 is 32.9. The summed E-state index contributed by atoms with van der Waals surface area (Å²) in [6, 6.07) is 2.29. The van der Waals surface area contributed by atoms with Crippen molar-refractivity contribution >= 4 is 12.4 Å². The number of halogens is 3. The van der Waals surface area contributed by atoms with Gasteiger partial charge in [-0.2, -0.15) is 0 Å². The van der Waals surface area contributed by atoms with Crippen molar-refractivity contribution < 1.29 is 13.5 Å². The van der Waals surface area contributed by atoms with Gasteiger partial charge < -0.3 is 10.1 Å². The molecule has 1 N–H and O–H groups in total. The number of benzene rings is 1. The molecule has 0 aromatic heterocycles. The van der Waals surface area contributed by atoms with Crippen LogP contribution >= 0.6 is 12.4 Å². The lowest BCUT2D eigenvalue weighted by atomic mass is 10.0. The fourth-order valence-corrected chi connectivity index (χ4v) is 2.34. The van der Waals surface area contributed by atoms with Crippen LogP contribution in [0.15, 0.2) is 12.1 Å². The van der Waals surface area contributed by atoms with Crippen LogP contribution in [0.3, 0.4) is 0 Å². The maximum absolute atomic E-state index is 14.1. The number of hydrogen-bond donors (Lipinski definition) is 1. The fraction of sp³-hybridized carbons (Fsp3) is 0.538. The van der Waals surface area contributed by atoms with Gasteiger partial charge in [-0.3, -0.25) is 4.90 Å². The van der Waals surface area contributed by atoms with E-state index in [1.54, 1.807) is 0 Å². The molecule has 2 rings (SSSR count). The molecule has 3 nitrogen and oxygen atoms in total. The molecule has 108 valence electrons. The van der Waals surface area contributed by atoms with E-state index >= 15 is 0 Å². The third kappa shape index (κ3) is 3.35. The van der Waals surface area contributed by atoms with Gasteiger partial charge in [-0.15, -0.1) is 12.4 Å². The maximum Gasteiger partial charge on any atom is 0.172 e. The monoisotopic (exact) mass is 292 g/mol. The van der Waals surface area contributed by atoms with Gasteiger partial charge >= 0.3 is 0 Å². The van der Waals surface area contributed by atoms with Crippen LogP contribution in [-0.2, 0) is 0 Å². The molecule has 1 aliphatic heterocycles. The number of hydrogen-bond acceptors (Lipinski definition) is 3. The Kier molecular flexibility index (Phi) is 5.97. The molecule has 0 bridgehead atoms. The second kappa shape index (κ2) is 7.03. The Morgan fingerprint density at radius 2 is 1.89 bits per heavy atom. The van der Waals surface area contributed by atoms with Crippen molar-refractivity contribution in [3.8, 4) is 5.75 Å². The Morgan fingerprint density at radius 3 is 2.47 bits per heavy atom. The van der Waals surface area contributed by atoms with E-state index in [4.69, 9.17) is 4.74 Å². The van der Waals surface area contributed by atoms with E-state index in [0.717, 1.165) is 26.2 Å². The molecule has 1 aromatic rings. The van der Waals surface area contributed by atoms with E-state index in [9.17, 15) is 8.78 Å². The Morgan fingerprint density at radius 1 is 1.26 bits per heavy atom. The molecule has 19 heavy (non-hydrogen) atoms. The van der Waals surface area contributed by atoms with Crippen LogP contribution in [-0.4, -0.2) is 38.2 Å². The molecule has 0 spiro atoms. The second-order valence-electron chi connectivity index (χ2n) is 4.44. The van der Waals surface area contributed by atoms with Gasteiger partial charge in [0.1, 0.15) is 5.82 Å². The van der Waals surface area contributed by atoms with Gasteiger partial charge in [0.25, 0.3) is 0 Å². The molecule has 0 amide bonds. The second-order valence-corrected chi connectivity index (χ2v) is 4.44. The quantitative estimate of drug-likeness (QED) is 0.926. The molecule has 0 aliphatic carbocycles. The van der Waals surface area contributed by atoms with Crippen LogP contribution in [0.1, 0.15) is 18.5 Å². The largest absolute Gasteiger partial charge is 0.494 e. The highest BCUT2D eigenvalue weighted by Crippen LogP contribution is 2.30. The summed E-state index contributed by atoms with van der Waals surface area (Å²) in [6.45, 7) is 5.09. The highest BCUT2D eigenvalue weighted by Gasteiger charge is 2.25. The van der Waals surface area contributed by atoms with Crippen molar-refractivity contribution in [2.75, 3.05) is 33.3 Å². The molecule has 1 fully saturated rings. The van der Waals surface area contributed by atoms with Gasteiger partial charge in [-0.05, 0) is 19.1 Å². The van der Waals surface area contributed by atoms with E-state index in [0.29, 0.717) is 0 Å². The lowest BCUT2D eigenvalue weighted by Crippen LogP contribution is -2.44. The summed E-state index contributed by atoms with van der Waals surface area (Å²) in [5.41, 5.74) is 0.0938. The average Bonchev–Trinajstić information content (AvgIpc) is 2.40. The van der Waals surface area contributed by atoms with Crippen LogP contribution in [0.2, 0.25) is 0 Å². The molecule has 1 aromatic carbocycles. The Bertz CT molecular complexity index is 425. The van der Waals surface area contributed by atoms with Crippen LogP contribution in [0, 0.1) is 11.6 Å². The van der Waals surface area contributed by atoms with E-state index in [1.165, 1.54) is 19.2 Å². The maximum atomic E-state index is 14.1. The number of nitrogens with one attached hydrogen (secondary N) is 1. The normalized spacial score (nSPS) is 17.7. The van der Waals surface area contributed by atoms with E-state index in [-0.39, 0.29) is 29.8 Å². The van der Waals surface area contributed by atoms with Crippen molar-refractivity contribution in [3.05, 3.63) is 29.3 Å². The minimum absolute atomic E-state index is 0. The van der Waals surface area contributed by atoms with Gasteiger partial charge in [-0.1, -0.05) is 0 Å². The standard InChI is InChI=1S/C13H18F2N2O.ClH/c1-9(17-7-5-16-6-8-17)12-10(14)3-4-11(18-2)13(12)15;/h3-4,9,16H,5-8H2,1-2H3;1H/t9-;/m0./s1. The van der Waals surface area contributed by atoms with E-state index in [1.807, 2.05) is 6.92 Å². The van der Waals surface area contributed by atoms with Crippen molar-refractivity contribution in [2.24, 2.45) is 0 Å². The first-order chi connectivity index (χ1) is 8.65. The van der Waals surface area contributed by atoms with Gasteiger partial charge in [0, 0.05) is 37.8 Å². The Balaban J connectivity index is 0.00000180. The van der Waals surface area contributed by atoms with Crippen LogP contribution in [0.5, 0.6) is 5.75 Å². The zero-order valence-electron chi connectivity index (χ0n) is 11.1. The fourth-order valence-electron chi connectivity index (χ4n) is 2.34. The molecule has 0 radical (unpaired) electrons. The van der Waals surface area contributed by atoms with Crippen molar-refractivity contribution in [2.45, 2.75) is 13.0 Å². The zero-order valence-corrected chi connectivity index (χ0v) is 11.9. The smallest absolute Gasteiger partial charge is 0.172 e. The van der Waals surface area contributed by atoms with Gasteiger partial charge in [0.05, 0.1) is 7.11 Å². The molecule has 1 atom stereocenters. The summed E-state index contributed by atoms with van der Waals surface area (Å²) in [7, 11) is 1.38. The van der Waals surface area contributed by atoms with Crippen LogP contribution in [0.25, 0.3) is 0 Å². The summed E-state index contributed by atoms with van der Waals surface area (Å²) in [5, 5.41) is 3.22. The molecule has 0 unspecified atom stereocenters. The van der Waals surface area contributed by atoms with Crippen molar-refractivity contribution in [1.29, 1.82) is 0 Å². The number of ether oxygens (including phenoxy) is 1. The number of methoxy groups -OCH3 is 1. The van der Waals surface area contributed by atoms with E-state index < -0.39 is 11.6 Å².